The Morgan fingerprint density at radius 3 is 2.86 bits per heavy atom. The molecule has 0 fully saturated rings. The highest BCUT2D eigenvalue weighted by Crippen LogP contribution is 2.05. The number of nitrogens with zero attached hydrogens (tertiary/aromatic N) is 1. The number of rotatable bonds is 6. The molecule has 0 atom stereocenters. The summed E-state index contributed by atoms with van der Waals surface area (Å²) in [6, 6.07) is 1.81. The van der Waals surface area contributed by atoms with Gasteiger partial charge < -0.3 is 4.74 Å². The van der Waals surface area contributed by atoms with Crippen LogP contribution >= 0.6 is 0 Å². The molecule has 0 radical (unpaired) electrons. The van der Waals surface area contributed by atoms with Gasteiger partial charge in [0, 0.05) is 6.08 Å². The zero-order chi connectivity index (χ0) is 10.8. The molecule has 0 aliphatic heterocycles. The predicted molar refractivity (Wildman–Crippen MR) is 54.4 cm³/mol. The molecule has 0 aromatic heterocycles. The molecule has 0 rings (SSSR count). The van der Waals surface area contributed by atoms with Gasteiger partial charge in [0.1, 0.15) is 0 Å². The molecule has 3 nitrogen and oxygen atoms in total. The average molecular weight is 193 g/mol. The van der Waals surface area contributed by atoms with Crippen LogP contribution in [0.1, 0.15) is 26.2 Å². The summed E-state index contributed by atoms with van der Waals surface area (Å²) >= 11 is 0. The molecule has 0 bridgehead atoms. The van der Waals surface area contributed by atoms with Crippen molar-refractivity contribution < 1.29 is 9.53 Å². The third-order valence-electron chi connectivity index (χ3n) is 1.60. The molecule has 0 aromatic rings. The van der Waals surface area contributed by atoms with E-state index < -0.39 is 5.97 Å². The van der Waals surface area contributed by atoms with Gasteiger partial charge in [0.05, 0.1) is 18.2 Å². The zero-order valence-electron chi connectivity index (χ0n) is 8.45. The molecule has 76 valence electrons. The number of carbonyl (C=O) groups is 1. The summed E-state index contributed by atoms with van der Waals surface area (Å²) in [6.07, 6.45) is 4.98. The van der Waals surface area contributed by atoms with Crippen molar-refractivity contribution in [1.82, 2.24) is 0 Å². The van der Waals surface area contributed by atoms with Crippen LogP contribution < -0.4 is 0 Å². The summed E-state index contributed by atoms with van der Waals surface area (Å²) in [5.74, 6) is -0.417. The second kappa shape index (κ2) is 8.06. The summed E-state index contributed by atoms with van der Waals surface area (Å²) in [5, 5.41) is 8.42. The van der Waals surface area contributed by atoms with Crippen molar-refractivity contribution in [3.63, 3.8) is 0 Å². The molecular weight excluding hydrogens is 178 g/mol. The Kier molecular flexibility index (Phi) is 7.16. The minimum absolute atomic E-state index is 0.360. The van der Waals surface area contributed by atoms with Crippen LogP contribution in [0.4, 0.5) is 0 Å². The molecular formula is C11H15NO2. The Labute approximate surface area is 84.7 Å². The van der Waals surface area contributed by atoms with E-state index in [1.54, 1.807) is 6.08 Å². The quantitative estimate of drug-likeness (QED) is 0.214. The Morgan fingerprint density at radius 1 is 1.64 bits per heavy atom. The van der Waals surface area contributed by atoms with Crippen LogP contribution in [-0.4, -0.2) is 12.6 Å². The Morgan fingerprint density at radius 2 is 2.36 bits per heavy atom. The lowest BCUT2D eigenvalue weighted by Crippen LogP contribution is -2.08. The maximum atomic E-state index is 11.3. The molecule has 0 saturated carbocycles. The lowest BCUT2D eigenvalue weighted by molar-refractivity contribution is -0.139. The van der Waals surface area contributed by atoms with Gasteiger partial charge in [0.25, 0.3) is 0 Å². The molecule has 0 spiro atoms. The summed E-state index contributed by atoms with van der Waals surface area (Å²) < 4.78 is 4.94. The standard InChI is InChI=1S/C11H15NO2/c1-3-5-9-14-11(13)10(6-4-2)7-8-12/h4,7H,2-3,5-6,9H2,1H3. The fourth-order valence-corrected chi connectivity index (χ4v) is 0.837. The largest absolute Gasteiger partial charge is 0.462 e. The van der Waals surface area contributed by atoms with Crippen LogP contribution in [-0.2, 0) is 9.53 Å². The molecule has 3 heteroatoms. The predicted octanol–water partition coefficient (Wildman–Crippen LogP) is 2.36. The SMILES string of the molecule is C=CCC(=CC#N)C(=O)OCCCC. The van der Waals surface area contributed by atoms with E-state index in [2.05, 4.69) is 6.58 Å². The van der Waals surface area contributed by atoms with Crippen molar-refractivity contribution in [2.45, 2.75) is 26.2 Å². The topological polar surface area (TPSA) is 50.1 Å². The van der Waals surface area contributed by atoms with Gasteiger partial charge in [-0.15, -0.1) is 6.58 Å². The highest BCUT2D eigenvalue weighted by Gasteiger charge is 2.08. The zero-order valence-corrected chi connectivity index (χ0v) is 8.45. The van der Waals surface area contributed by atoms with E-state index in [1.807, 2.05) is 13.0 Å². The van der Waals surface area contributed by atoms with Crippen LogP contribution in [0.15, 0.2) is 24.3 Å². The fourth-order valence-electron chi connectivity index (χ4n) is 0.837. The van der Waals surface area contributed by atoms with Crippen LogP contribution in [0, 0.1) is 11.3 Å². The Bertz CT molecular complexity index is 261. The van der Waals surface area contributed by atoms with Gasteiger partial charge in [-0.3, -0.25) is 0 Å². The lowest BCUT2D eigenvalue weighted by Gasteiger charge is -2.04. The van der Waals surface area contributed by atoms with E-state index in [9.17, 15) is 4.79 Å². The number of ether oxygens (including phenoxy) is 1. The van der Waals surface area contributed by atoms with Crippen molar-refractivity contribution in [3.8, 4) is 6.07 Å². The molecule has 0 amide bonds. The van der Waals surface area contributed by atoms with E-state index in [0.717, 1.165) is 12.8 Å². The van der Waals surface area contributed by atoms with Crippen LogP contribution in [0.2, 0.25) is 0 Å². The average Bonchev–Trinajstić information content (AvgIpc) is 2.18. The number of esters is 1. The lowest BCUT2D eigenvalue weighted by atomic mass is 10.2. The monoisotopic (exact) mass is 193 g/mol. The molecule has 0 saturated heterocycles. The first-order valence-corrected chi connectivity index (χ1v) is 4.63. The second-order valence-electron chi connectivity index (χ2n) is 2.78. The van der Waals surface area contributed by atoms with Gasteiger partial charge in [0.2, 0.25) is 0 Å². The second-order valence-corrected chi connectivity index (χ2v) is 2.78. The number of hydrogen-bond acceptors (Lipinski definition) is 3. The summed E-state index contributed by atoms with van der Waals surface area (Å²) in [4.78, 5) is 11.3. The molecule has 0 aromatic carbocycles. The van der Waals surface area contributed by atoms with Gasteiger partial charge in [-0.05, 0) is 12.8 Å². The third-order valence-corrected chi connectivity index (χ3v) is 1.60. The normalized spacial score (nSPS) is 10.4. The smallest absolute Gasteiger partial charge is 0.335 e. The summed E-state index contributed by atoms with van der Waals surface area (Å²) in [7, 11) is 0. The van der Waals surface area contributed by atoms with Gasteiger partial charge >= 0.3 is 5.97 Å². The van der Waals surface area contributed by atoms with E-state index in [-0.39, 0.29) is 0 Å². The van der Waals surface area contributed by atoms with Crippen LogP contribution in [0.5, 0.6) is 0 Å². The summed E-state index contributed by atoms with van der Waals surface area (Å²) in [6.45, 7) is 5.93. The Hall–Kier alpha value is -1.56. The van der Waals surface area contributed by atoms with Crippen LogP contribution in [0.25, 0.3) is 0 Å². The van der Waals surface area contributed by atoms with Crippen molar-refractivity contribution >= 4 is 5.97 Å². The van der Waals surface area contributed by atoms with Gasteiger partial charge in [-0.2, -0.15) is 5.26 Å². The van der Waals surface area contributed by atoms with E-state index in [4.69, 9.17) is 10.00 Å². The minimum Gasteiger partial charge on any atom is -0.462 e. The van der Waals surface area contributed by atoms with Gasteiger partial charge in [-0.1, -0.05) is 19.4 Å². The maximum Gasteiger partial charge on any atom is 0.335 e. The number of carbonyl (C=O) groups excluding carboxylic acids is 1. The Balaban J connectivity index is 4.11. The first-order chi connectivity index (χ1) is 6.76. The number of hydrogen-bond donors (Lipinski definition) is 0. The first-order valence-electron chi connectivity index (χ1n) is 4.63. The molecule has 0 heterocycles. The third kappa shape index (κ3) is 5.15. The molecule has 0 aliphatic carbocycles. The van der Waals surface area contributed by atoms with Crippen LogP contribution in [0.3, 0.4) is 0 Å². The van der Waals surface area contributed by atoms with E-state index >= 15 is 0 Å². The number of allylic oxidation sites excluding steroid dienone is 2. The maximum absolute atomic E-state index is 11.3. The van der Waals surface area contributed by atoms with Gasteiger partial charge in [0.15, 0.2) is 0 Å². The van der Waals surface area contributed by atoms with Crippen molar-refractivity contribution in [2.75, 3.05) is 6.61 Å². The molecule has 0 N–H and O–H groups in total. The number of unbranched alkanes of at least 4 members (excludes halogenated alkanes) is 1. The molecule has 0 unspecified atom stereocenters. The van der Waals surface area contributed by atoms with E-state index in [1.165, 1.54) is 6.08 Å². The van der Waals surface area contributed by atoms with E-state index in [0.29, 0.717) is 18.6 Å². The highest BCUT2D eigenvalue weighted by atomic mass is 16.5. The molecule has 14 heavy (non-hydrogen) atoms. The number of nitriles is 1. The van der Waals surface area contributed by atoms with Crippen molar-refractivity contribution in [1.29, 1.82) is 5.26 Å². The van der Waals surface area contributed by atoms with Crippen molar-refractivity contribution in [3.05, 3.63) is 24.3 Å². The fraction of sp³-hybridized carbons (Fsp3) is 0.455. The molecule has 0 aliphatic rings. The summed E-state index contributed by atoms with van der Waals surface area (Å²) in [5.41, 5.74) is 0.360. The highest BCUT2D eigenvalue weighted by molar-refractivity contribution is 5.89. The minimum atomic E-state index is -0.417. The van der Waals surface area contributed by atoms with Gasteiger partial charge in [-0.25, -0.2) is 4.79 Å². The first kappa shape index (κ1) is 12.4. The van der Waals surface area contributed by atoms with Crippen molar-refractivity contribution in [2.24, 2.45) is 0 Å².